The highest BCUT2D eigenvalue weighted by molar-refractivity contribution is 4.80. The maximum Gasteiger partial charge on any atom is 0.0564 e. The minimum absolute atomic E-state index is 0.0414. The minimum atomic E-state index is -0.0414. The van der Waals surface area contributed by atoms with Crippen molar-refractivity contribution >= 4 is 0 Å². The molecule has 1 unspecified atom stereocenters. The lowest BCUT2D eigenvalue weighted by Crippen LogP contribution is -2.42. The van der Waals surface area contributed by atoms with Gasteiger partial charge in [-0.2, -0.15) is 0 Å². The molecule has 0 aromatic rings. The summed E-state index contributed by atoms with van der Waals surface area (Å²) in [5.41, 5.74) is 0.483. The molecule has 1 aliphatic heterocycles. The molecule has 0 amide bonds. The van der Waals surface area contributed by atoms with Crippen molar-refractivity contribution in [2.45, 2.75) is 59.0 Å². The molecule has 0 bridgehead atoms. The molecule has 1 rings (SSSR count). The highest BCUT2D eigenvalue weighted by Gasteiger charge is 2.26. The van der Waals surface area contributed by atoms with E-state index in [-0.39, 0.29) is 6.10 Å². The van der Waals surface area contributed by atoms with Crippen LogP contribution in [0, 0.1) is 5.41 Å². The van der Waals surface area contributed by atoms with Crippen LogP contribution in [-0.2, 0) is 0 Å². The monoisotopic (exact) mass is 213 g/mol. The lowest BCUT2D eigenvalue weighted by Gasteiger charge is -2.37. The van der Waals surface area contributed by atoms with Gasteiger partial charge in [0.05, 0.1) is 6.10 Å². The molecule has 15 heavy (non-hydrogen) atoms. The third-order valence-corrected chi connectivity index (χ3v) is 3.87. The van der Waals surface area contributed by atoms with E-state index in [0.717, 1.165) is 25.9 Å². The largest absolute Gasteiger partial charge is 0.393 e. The maximum absolute atomic E-state index is 9.46. The zero-order valence-corrected chi connectivity index (χ0v) is 10.6. The SMILES string of the molecule is CCCC(C)(CC)CN1CCC(O)CC1. The number of hydrogen-bond acceptors (Lipinski definition) is 2. The van der Waals surface area contributed by atoms with Crippen LogP contribution >= 0.6 is 0 Å². The molecular formula is C13H27NO. The molecule has 2 nitrogen and oxygen atoms in total. The number of piperidine rings is 1. The van der Waals surface area contributed by atoms with Crippen LogP contribution in [0.25, 0.3) is 0 Å². The van der Waals surface area contributed by atoms with Gasteiger partial charge in [0, 0.05) is 19.6 Å². The normalized spacial score (nSPS) is 24.0. The van der Waals surface area contributed by atoms with Crippen LogP contribution in [0.4, 0.5) is 0 Å². The van der Waals surface area contributed by atoms with Crippen molar-refractivity contribution < 1.29 is 5.11 Å². The van der Waals surface area contributed by atoms with E-state index >= 15 is 0 Å². The number of aliphatic hydroxyl groups is 1. The summed E-state index contributed by atoms with van der Waals surface area (Å²) in [6.07, 6.45) is 5.75. The number of likely N-dealkylation sites (tertiary alicyclic amines) is 1. The Balaban J connectivity index is 2.38. The molecule has 1 N–H and O–H groups in total. The Hall–Kier alpha value is -0.0800. The van der Waals surface area contributed by atoms with Gasteiger partial charge in [-0.05, 0) is 31.1 Å². The number of hydrogen-bond donors (Lipinski definition) is 1. The first-order valence-corrected chi connectivity index (χ1v) is 6.50. The third-order valence-electron chi connectivity index (χ3n) is 3.87. The highest BCUT2D eigenvalue weighted by Crippen LogP contribution is 2.29. The van der Waals surface area contributed by atoms with Gasteiger partial charge in [0.1, 0.15) is 0 Å². The Morgan fingerprint density at radius 3 is 2.33 bits per heavy atom. The second kappa shape index (κ2) is 5.86. The maximum atomic E-state index is 9.46. The van der Waals surface area contributed by atoms with Gasteiger partial charge in [-0.1, -0.05) is 27.2 Å². The first kappa shape index (κ1) is 13.0. The minimum Gasteiger partial charge on any atom is -0.393 e. The van der Waals surface area contributed by atoms with E-state index in [0.29, 0.717) is 5.41 Å². The predicted octanol–water partition coefficient (Wildman–Crippen LogP) is 2.66. The van der Waals surface area contributed by atoms with Crippen LogP contribution in [0.5, 0.6) is 0 Å². The van der Waals surface area contributed by atoms with Crippen molar-refractivity contribution in [2.75, 3.05) is 19.6 Å². The molecule has 0 aromatic heterocycles. The molecular weight excluding hydrogens is 186 g/mol. The van der Waals surface area contributed by atoms with E-state index in [4.69, 9.17) is 0 Å². The van der Waals surface area contributed by atoms with Gasteiger partial charge in [-0.3, -0.25) is 0 Å². The summed E-state index contributed by atoms with van der Waals surface area (Å²) in [6, 6.07) is 0. The van der Waals surface area contributed by atoms with Crippen LogP contribution in [0.2, 0.25) is 0 Å². The van der Waals surface area contributed by atoms with Gasteiger partial charge >= 0.3 is 0 Å². The van der Waals surface area contributed by atoms with Gasteiger partial charge in [-0.25, -0.2) is 0 Å². The van der Waals surface area contributed by atoms with Gasteiger partial charge in [0.15, 0.2) is 0 Å². The summed E-state index contributed by atoms with van der Waals surface area (Å²) in [7, 11) is 0. The molecule has 0 aliphatic carbocycles. The summed E-state index contributed by atoms with van der Waals surface area (Å²) < 4.78 is 0. The average Bonchev–Trinajstić information content (AvgIpc) is 2.22. The summed E-state index contributed by atoms with van der Waals surface area (Å²) in [5, 5.41) is 9.46. The summed E-state index contributed by atoms with van der Waals surface area (Å²) in [4.78, 5) is 2.53. The molecule has 1 aliphatic rings. The molecule has 1 fully saturated rings. The average molecular weight is 213 g/mol. The van der Waals surface area contributed by atoms with Crippen molar-refractivity contribution in [1.82, 2.24) is 4.90 Å². The summed E-state index contributed by atoms with van der Waals surface area (Å²) >= 11 is 0. The van der Waals surface area contributed by atoms with Crippen LogP contribution in [-0.4, -0.2) is 35.7 Å². The fourth-order valence-corrected chi connectivity index (χ4v) is 2.59. The highest BCUT2D eigenvalue weighted by atomic mass is 16.3. The smallest absolute Gasteiger partial charge is 0.0564 e. The standard InChI is InChI=1S/C13H27NO/c1-4-8-13(3,5-2)11-14-9-6-12(15)7-10-14/h12,15H,4-11H2,1-3H3. The van der Waals surface area contributed by atoms with E-state index in [2.05, 4.69) is 25.7 Å². The van der Waals surface area contributed by atoms with Crippen molar-refractivity contribution in [3.05, 3.63) is 0 Å². The molecule has 1 atom stereocenters. The van der Waals surface area contributed by atoms with Crippen molar-refractivity contribution in [3.8, 4) is 0 Å². The van der Waals surface area contributed by atoms with Crippen LogP contribution < -0.4 is 0 Å². The fourth-order valence-electron chi connectivity index (χ4n) is 2.59. The molecule has 1 saturated heterocycles. The molecule has 1 heterocycles. The Morgan fingerprint density at radius 2 is 1.87 bits per heavy atom. The summed E-state index contributed by atoms with van der Waals surface area (Å²) in [5.74, 6) is 0. The lowest BCUT2D eigenvalue weighted by molar-refractivity contribution is 0.0563. The summed E-state index contributed by atoms with van der Waals surface area (Å²) in [6.45, 7) is 10.4. The van der Waals surface area contributed by atoms with E-state index in [9.17, 15) is 5.11 Å². The first-order valence-electron chi connectivity index (χ1n) is 6.50. The second-order valence-electron chi connectivity index (χ2n) is 5.42. The topological polar surface area (TPSA) is 23.5 Å². The molecule has 90 valence electrons. The van der Waals surface area contributed by atoms with Crippen LogP contribution in [0.1, 0.15) is 52.9 Å². The van der Waals surface area contributed by atoms with Crippen molar-refractivity contribution in [1.29, 1.82) is 0 Å². The third kappa shape index (κ3) is 4.12. The van der Waals surface area contributed by atoms with Gasteiger partial charge in [-0.15, -0.1) is 0 Å². The Morgan fingerprint density at radius 1 is 1.27 bits per heavy atom. The van der Waals surface area contributed by atoms with Gasteiger partial charge in [0.2, 0.25) is 0 Å². The van der Waals surface area contributed by atoms with E-state index < -0.39 is 0 Å². The molecule has 0 radical (unpaired) electrons. The van der Waals surface area contributed by atoms with Gasteiger partial charge < -0.3 is 10.0 Å². The molecule has 0 spiro atoms. The van der Waals surface area contributed by atoms with Crippen LogP contribution in [0.3, 0.4) is 0 Å². The van der Waals surface area contributed by atoms with E-state index in [1.165, 1.54) is 25.8 Å². The van der Waals surface area contributed by atoms with E-state index in [1.54, 1.807) is 0 Å². The molecule has 0 saturated carbocycles. The quantitative estimate of drug-likeness (QED) is 0.759. The molecule has 0 aromatic carbocycles. The zero-order chi connectivity index (χ0) is 11.3. The number of aliphatic hydroxyl groups excluding tert-OH is 1. The van der Waals surface area contributed by atoms with Gasteiger partial charge in [0.25, 0.3) is 0 Å². The Labute approximate surface area is 94.7 Å². The first-order chi connectivity index (χ1) is 7.09. The van der Waals surface area contributed by atoms with E-state index in [1.807, 2.05) is 0 Å². The Bertz CT molecular complexity index is 175. The van der Waals surface area contributed by atoms with Crippen LogP contribution in [0.15, 0.2) is 0 Å². The number of rotatable bonds is 5. The van der Waals surface area contributed by atoms with Crippen molar-refractivity contribution in [3.63, 3.8) is 0 Å². The number of nitrogens with zero attached hydrogens (tertiary/aromatic N) is 1. The molecule has 2 heteroatoms. The lowest BCUT2D eigenvalue weighted by atomic mass is 9.82. The zero-order valence-electron chi connectivity index (χ0n) is 10.6. The fraction of sp³-hybridized carbons (Fsp3) is 1.00. The second-order valence-corrected chi connectivity index (χ2v) is 5.42. The predicted molar refractivity (Wildman–Crippen MR) is 65.0 cm³/mol. The Kier molecular flexibility index (Phi) is 5.07. The van der Waals surface area contributed by atoms with Crippen molar-refractivity contribution in [2.24, 2.45) is 5.41 Å².